The Kier molecular flexibility index (Phi) is 7.47. The van der Waals surface area contributed by atoms with E-state index in [0.717, 1.165) is 4.47 Å². The van der Waals surface area contributed by atoms with Crippen LogP contribution < -0.4 is 15.4 Å². The number of methoxy groups -OCH3 is 1. The number of thioether (sulfide) groups is 1. The molecule has 3 rings (SSSR count). The van der Waals surface area contributed by atoms with Gasteiger partial charge >= 0.3 is 0 Å². The number of amides is 2. The summed E-state index contributed by atoms with van der Waals surface area (Å²) in [6.07, 6.45) is 0. The van der Waals surface area contributed by atoms with E-state index in [-0.39, 0.29) is 24.1 Å². The van der Waals surface area contributed by atoms with Crippen LogP contribution in [-0.2, 0) is 18.4 Å². The van der Waals surface area contributed by atoms with Crippen molar-refractivity contribution < 1.29 is 14.3 Å². The Morgan fingerprint density at radius 3 is 2.73 bits per heavy atom. The molecule has 0 bridgehead atoms. The summed E-state index contributed by atoms with van der Waals surface area (Å²) in [5.41, 5.74) is 1.21. The number of carbonyl (C=O) groups is 2. The molecule has 0 saturated carbocycles. The highest BCUT2D eigenvalue weighted by Gasteiger charge is 2.14. The van der Waals surface area contributed by atoms with Crippen LogP contribution in [-0.4, -0.2) is 39.4 Å². The second kappa shape index (κ2) is 10.3. The maximum atomic E-state index is 12.3. The normalized spacial score (nSPS) is 10.5. The van der Waals surface area contributed by atoms with Crippen molar-refractivity contribution in [3.8, 4) is 5.75 Å². The molecule has 3 aromatic rings. The van der Waals surface area contributed by atoms with Crippen molar-refractivity contribution in [1.29, 1.82) is 0 Å². The van der Waals surface area contributed by atoms with Crippen LogP contribution in [0.4, 0.5) is 5.69 Å². The topological polar surface area (TPSA) is 98.1 Å². The highest BCUT2D eigenvalue weighted by molar-refractivity contribution is 9.10. The summed E-state index contributed by atoms with van der Waals surface area (Å²) in [6.45, 7) is 0.222. The molecule has 0 fully saturated rings. The minimum atomic E-state index is -0.211. The first-order chi connectivity index (χ1) is 14.5. The maximum absolute atomic E-state index is 12.3. The summed E-state index contributed by atoms with van der Waals surface area (Å²) in [7, 11) is 3.37. The smallest absolute Gasteiger partial charge is 0.252 e. The molecule has 0 aliphatic heterocycles. The Labute approximate surface area is 186 Å². The Hall–Kier alpha value is -2.85. The number of anilines is 1. The number of ether oxygens (including phenoxy) is 1. The highest BCUT2D eigenvalue weighted by Crippen LogP contribution is 2.19. The van der Waals surface area contributed by atoms with E-state index in [1.54, 1.807) is 55.1 Å². The summed E-state index contributed by atoms with van der Waals surface area (Å²) in [5.74, 6) is 1.05. The summed E-state index contributed by atoms with van der Waals surface area (Å²) in [4.78, 5) is 24.5. The van der Waals surface area contributed by atoms with Gasteiger partial charge in [0.25, 0.3) is 5.91 Å². The number of benzene rings is 2. The van der Waals surface area contributed by atoms with E-state index in [0.29, 0.717) is 28.0 Å². The van der Waals surface area contributed by atoms with Crippen LogP contribution in [0.1, 0.15) is 16.2 Å². The van der Waals surface area contributed by atoms with Crippen molar-refractivity contribution in [2.24, 2.45) is 7.05 Å². The van der Waals surface area contributed by atoms with Crippen LogP contribution in [0.25, 0.3) is 0 Å². The van der Waals surface area contributed by atoms with Crippen molar-refractivity contribution in [3.05, 3.63) is 64.4 Å². The van der Waals surface area contributed by atoms with Gasteiger partial charge in [-0.2, -0.15) is 0 Å². The molecule has 2 N–H and O–H groups in total. The average molecular weight is 490 g/mol. The molecule has 8 nitrogen and oxygen atoms in total. The molecule has 0 radical (unpaired) electrons. The molecule has 156 valence electrons. The number of nitrogens with zero attached hydrogens (tertiary/aromatic N) is 3. The molecule has 2 aromatic carbocycles. The van der Waals surface area contributed by atoms with E-state index in [1.165, 1.54) is 11.8 Å². The molecule has 30 heavy (non-hydrogen) atoms. The Morgan fingerprint density at radius 1 is 1.17 bits per heavy atom. The minimum absolute atomic E-state index is 0.167. The van der Waals surface area contributed by atoms with Crippen LogP contribution in [0, 0.1) is 0 Å². The van der Waals surface area contributed by atoms with Crippen LogP contribution >= 0.6 is 27.7 Å². The van der Waals surface area contributed by atoms with Crippen molar-refractivity contribution >= 4 is 45.2 Å². The Bertz CT molecular complexity index is 1060. The van der Waals surface area contributed by atoms with Gasteiger partial charge in [0, 0.05) is 23.3 Å². The molecule has 0 atom stereocenters. The quantitative estimate of drug-likeness (QED) is 0.471. The van der Waals surface area contributed by atoms with Crippen LogP contribution in [0.2, 0.25) is 0 Å². The largest absolute Gasteiger partial charge is 0.497 e. The predicted octanol–water partition coefficient (Wildman–Crippen LogP) is 3.25. The lowest BCUT2D eigenvalue weighted by molar-refractivity contribution is -0.113. The van der Waals surface area contributed by atoms with Crippen LogP contribution in [0.3, 0.4) is 0 Å². The van der Waals surface area contributed by atoms with Gasteiger partial charge in [-0.1, -0.05) is 30.0 Å². The molecule has 10 heteroatoms. The number of carbonyl (C=O) groups excluding carboxylic acids is 2. The Balaban J connectivity index is 1.53. The van der Waals surface area contributed by atoms with Gasteiger partial charge in [-0.3, -0.25) is 9.59 Å². The fraction of sp³-hybridized carbons (Fsp3) is 0.200. The average Bonchev–Trinajstić information content (AvgIpc) is 3.10. The monoisotopic (exact) mass is 489 g/mol. The third kappa shape index (κ3) is 5.61. The second-order valence-corrected chi connectivity index (χ2v) is 7.99. The molecule has 0 aliphatic rings. The van der Waals surface area contributed by atoms with Gasteiger partial charge in [0.2, 0.25) is 5.91 Å². The van der Waals surface area contributed by atoms with E-state index in [4.69, 9.17) is 4.74 Å². The van der Waals surface area contributed by atoms with Gasteiger partial charge in [-0.15, -0.1) is 10.2 Å². The van der Waals surface area contributed by atoms with Gasteiger partial charge in [-0.25, -0.2) is 0 Å². The van der Waals surface area contributed by atoms with E-state index in [2.05, 4.69) is 36.8 Å². The van der Waals surface area contributed by atoms with Gasteiger partial charge < -0.3 is 19.9 Å². The zero-order chi connectivity index (χ0) is 21.5. The van der Waals surface area contributed by atoms with E-state index in [9.17, 15) is 9.59 Å². The number of rotatable bonds is 8. The molecular weight excluding hydrogens is 470 g/mol. The van der Waals surface area contributed by atoms with E-state index in [1.807, 2.05) is 12.1 Å². The van der Waals surface area contributed by atoms with Crippen LogP contribution in [0.15, 0.2) is 58.2 Å². The van der Waals surface area contributed by atoms with Gasteiger partial charge in [-0.05, 0) is 40.2 Å². The highest BCUT2D eigenvalue weighted by atomic mass is 79.9. The SMILES string of the molecule is COc1cccc(NC(=O)CSc2nnc(CNC(=O)c3ccccc3Br)n2C)c1. The van der Waals surface area contributed by atoms with Gasteiger partial charge in [0.15, 0.2) is 11.0 Å². The lowest BCUT2D eigenvalue weighted by Crippen LogP contribution is -2.24. The summed E-state index contributed by atoms with van der Waals surface area (Å²) < 4.78 is 7.62. The zero-order valence-electron chi connectivity index (χ0n) is 16.4. The predicted molar refractivity (Wildman–Crippen MR) is 119 cm³/mol. The van der Waals surface area contributed by atoms with Crippen LogP contribution in [0.5, 0.6) is 5.75 Å². The maximum Gasteiger partial charge on any atom is 0.252 e. The molecule has 0 spiro atoms. The first-order valence-electron chi connectivity index (χ1n) is 8.95. The number of halogens is 1. The molecular formula is C20H20BrN5O3S. The number of hydrogen-bond donors (Lipinski definition) is 2. The molecule has 2 amide bonds. The standard InChI is InChI=1S/C20H20BrN5O3S/c1-26-17(11-22-19(28)15-8-3-4-9-16(15)21)24-25-20(26)30-12-18(27)23-13-6-5-7-14(10-13)29-2/h3-10H,11-12H2,1-2H3,(H,22,28)(H,23,27). The number of hydrogen-bond acceptors (Lipinski definition) is 6. The first kappa shape index (κ1) is 21.8. The fourth-order valence-corrected chi connectivity index (χ4v) is 3.75. The lowest BCUT2D eigenvalue weighted by Gasteiger charge is -2.08. The minimum Gasteiger partial charge on any atom is -0.497 e. The van der Waals surface area contributed by atoms with Crippen molar-refractivity contribution in [3.63, 3.8) is 0 Å². The second-order valence-electron chi connectivity index (χ2n) is 6.19. The van der Waals surface area contributed by atoms with Crippen molar-refractivity contribution in [2.45, 2.75) is 11.7 Å². The van der Waals surface area contributed by atoms with Gasteiger partial charge in [0.05, 0.1) is 25.0 Å². The Morgan fingerprint density at radius 2 is 1.97 bits per heavy atom. The molecule has 0 aliphatic carbocycles. The first-order valence-corrected chi connectivity index (χ1v) is 10.7. The summed E-state index contributed by atoms with van der Waals surface area (Å²) in [5, 5.41) is 14.4. The number of nitrogens with one attached hydrogen (secondary N) is 2. The third-order valence-electron chi connectivity index (χ3n) is 4.14. The molecule has 0 saturated heterocycles. The van der Waals surface area contributed by atoms with Gasteiger partial charge in [0.1, 0.15) is 5.75 Å². The van der Waals surface area contributed by atoms with Crippen molar-refractivity contribution in [1.82, 2.24) is 20.1 Å². The van der Waals surface area contributed by atoms with Crippen molar-refractivity contribution in [2.75, 3.05) is 18.2 Å². The molecule has 1 heterocycles. The van der Waals surface area contributed by atoms with E-state index < -0.39 is 0 Å². The lowest BCUT2D eigenvalue weighted by atomic mass is 10.2. The molecule has 0 unspecified atom stereocenters. The zero-order valence-corrected chi connectivity index (χ0v) is 18.8. The molecule has 1 aromatic heterocycles. The summed E-state index contributed by atoms with van der Waals surface area (Å²) >= 11 is 4.63. The number of aromatic nitrogens is 3. The van der Waals surface area contributed by atoms with E-state index >= 15 is 0 Å². The third-order valence-corrected chi connectivity index (χ3v) is 5.85. The summed E-state index contributed by atoms with van der Waals surface area (Å²) in [6, 6.07) is 14.3. The fourth-order valence-electron chi connectivity index (χ4n) is 2.55.